The summed E-state index contributed by atoms with van der Waals surface area (Å²) in [6.07, 6.45) is 0.839. The summed E-state index contributed by atoms with van der Waals surface area (Å²) in [6, 6.07) is 2.65. The van der Waals surface area contributed by atoms with Gasteiger partial charge in [-0.15, -0.1) is 0 Å². The Hall–Kier alpha value is -1.58. The lowest BCUT2D eigenvalue weighted by Crippen LogP contribution is -2.51. The van der Waals surface area contributed by atoms with Crippen LogP contribution in [0.25, 0.3) is 0 Å². The van der Waals surface area contributed by atoms with Crippen molar-refractivity contribution in [2.45, 2.75) is 31.2 Å². The second kappa shape index (κ2) is 8.20. The van der Waals surface area contributed by atoms with Crippen LogP contribution in [0.5, 0.6) is 0 Å². The summed E-state index contributed by atoms with van der Waals surface area (Å²) in [7, 11) is -3.88. The van der Waals surface area contributed by atoms with Crippen molar-refractivity contribution in [1.29, 1.82) is 0 Å². The van der Waals surface area contributed by atoms with E-state index in [1.807, 2.05) is 18.7 Å². The van der Waals surface area contributed by atoms with E-state index in [0.29, 0.717) is 19.2 Å². The van der Waals surface area contributed by atoms with E-state index in [1.54, 1.807) is 0 Å². The Bertz CT molecular complexity index is 719. The number of nitrogens with zero attached hydrogens (tertiary/aromatic N) is 2. The Morgan fingerprint density at radius 3 is 2.40 bits per heavy atom. The molecule has 0 radical (unpaired) electrons. The number of amides is 1. The second-order valence-electron chi connectivity index (χ2n) is 6.13. The van der Waals surface area contributed by atoms with Gasteiger partial charge in [-0.25, -0.2) is 17.2 Å². The molecule has 1 aromatic rings. The lowest BCUT2D eigenvalue weighted by molar-refractivity contribution is -0.123. The van der Waals surface area contributed by atoms with Crippen molar-refractivity contribution in [1.82, 2.24) is 14.5 Å². The van der Waals surface area contributed by atoms with Crippen LogP contribution in [0.2, 0.25) is 0 Å². The zero-order valence-electron chi connectivity index (χ0n) is 14.3. The summed E-state index contributed by atoms with van der Waals surface area (Å²) in [5.74, 6) is -2.37. The lowest BCUT2D eigenvalue weighted by atomic mass is 10.2. The average molecular weight is 375 g/mol. The highest BCUT2D eigenvalue weighted by Crippen LogP contribution is 2.19. The summed E-state index contributed by atoms with van der Waals surface area (Å²) >= 11 is 0. The number of hydrogen-bond donors (Lipinski definition) is 1. The first-order valence-electron chi connectivity index (χ1n) is 8.21. The molecule has 2 rings (SSSR count). The summed E-state index contributed by atoms with van der Waals surface area (Å²) in [5, 5.41) is 2.87. The highest BCUT2D eigenvalue weighted by molar-refractivity contribution is 7.89. The SMILES string of the molecule is CC[C@H](C)NC(=O)CN1CCN(S(=O)(=O)c2ccc(F)c(F)c2)CC1. The maximum atomic E-state index is 13.3. The van der Waals surface area contributed by atoms with Gasteiger partial charge in [0, 0.05) is 32.2 Å². The van der Waals surface area contributed by atoms with E-state index >= 15 is 0 Å². The van der Waals surface area contributed by atoms with Gasteiger partial charge in [0.15, 0.2) is 11.6 Å². The average Bonchev–Trinajstić information content (AvgIpc) is 2.57. The maximum absolute atomic E-state index is 13.3. The van der Waals surface area contributed by atoms with E-state index in [2.05, 4.69) is 5.32 Å². The van der Waals surface area contributed by atoms with Crippen molar-refractivity contribution >= 4 is 15.9 Å². The van der Waals surface area contributed by atoms with Gasteiger partial charge in [0.1, 0.15) is 0 Å². The third kappa shape index (κ3) is 4.96. The molecule has 140 valence electrons. The number of halogens is 2. The number of rotatable bonds is 6. The highest BCUT2D eigenvalue weighted by Gasteiger charge is 2.29. The van der Waals surface area contributed by atoms with E-state index in [0.717, 1.165) is 18.6 Å². The van der Waals surface area contributed by atoms with E-state index in [4.69, 9.17) is 0 Å². The fraction of sp³-hybridized carbons (Fsp3) is 0.562. The normalized spacial score (nSPS) is 18.1. The molecule has 6 nitrogen and oxygen atoms in total. The van der Waals surface area contributed by atoms with Gasteiger partial charge in [0.2, 0.25) is 15.9 Å². The number of nitrogens with one attached hydrogen (secondary N) is 1. The van der Waals surface area contributed by atoms with Gasteiger partial charge in [0.05, 0.1) is 11.4 Å². The maximum Gasteiger partial charge on any atom is 0.243 e. The van der Waals surface area contributed by atoms with Crippen molar-refractivity contribution < 1.29 is 22.0 Å². The largest absolute Gasteiger partial charge is 0.353 e. The first-order valence-corrected chi connectivity index (χ1v) is 9.65. The molecule has 1 amide bonds. The molecule has 1 aliphatic heterocycles. The quantitative estimate of drug-likeness (QED) is 0.811. The number of sulfonamides is 1. The van der Waals surface area contributed by atoms with Gasteiger partial charge >= 0.3 is 0 Å². The first-order chi connectivity index (χ1) is 11.7. The fourth-order valence-corrected chi connectivity index (χ4v) is 3.97. The van der Waals surface area contributed by atoms with Crippen LogP contribution in [-0.4, -0.2) is 62.3 Å². The molecule has 0 spiro atoms. The minimum atomic E-state index is -3.88. The predicted octanol–water partition coefficient (Wildman–Crippen LogP) is 1.19. The van der Waals surface area contributed by atoms with Crippen molar-refractivity contribution in [2.24, 2.45) is 0 Å². The molecule has 9 heteroatoms. The van der Waals surface area contributed by atoms with E-state index < -0.39 is 21.7 Å². The molecular formula is C16H23F2N3O3S. The van der Waals surface area contributed by atoms with Gasteiger partial charge in [-0.1, -0.05) is 6.92 Å². The van der Waals surface area contributed by atoms with Crippen LogP contribution in [0.3, 0.4) is 0 Å². The van der Waals surface area contributed by atoms with Crippen molar-refractivity contribution in [3.63, 3.8) is 0 Å². The molecule has 0 unspecified atom stereocenters. The minimum Gasteiger partial charge on any atom is -0.353 e. The summed E-state index contributed by atoms with van der Waals surface area (Å²) < 4.78 is 52.5. The van der Waals surface area contributed by atoms with Crippen LogP contribution in [0.4, 0.5) is 8.78 Å². The van der Waals surface area contributed by atoms with Gasteiger partial charge in [0.25, 0.3) is 0 Å². The molecule has 0 aliphatic carbocycles. The molecule has 1 heterocycles. The molecule has 1 N–H and O–H groups in total. The Labute approximate surface area is 146 Å². The number of carbonyl (C=O) groups excluding carboxylic acids is 1. The topological polar surface area (TPSA) is 69.7 Å². The lowest BCUT2D eigenvalue weighted by Gasteiger charge is -2.33. The summed E-state index contributed by atoms with van der Waals surface area (Å²) in [6.45, 7) is 5.30. The summed E-state index contributed by atoms with van der Waals surface area (Å²) in [5.41, 5.74) is 0. The monoisotopic (exact) mass is 375 g/mol. The van der Waals surface area contributed by atoms with E-state index in [-0.39, 0.29) is 36.5 Å². The fourth-order valence-electron chi connectivity index (χ4n) is 2.54. The Kier molecular flexibility index (Phi) is 6.47. The van der Waals surface area contributed by atoms with Gasteiger partial charge in [-0.3, -0.25) is 9.69 Å². The number of carbonyl (C=O) groups is 1. The Balaban J connectivity index is 1.94. The van der Waals surface area contributed by atoms with Crippen LogP contribution in [-0.2, 0) is 14.8 Å². The molecule has 0 saturated carbocycles. The van der Waals surface area contributed by atoms with Crippen molar-refractivity contribution in [3.05, 3.63) is 29.8 Å². The number of hydrogen-bond acceptors (Lipinski definition) is 4. The molecule has 0 bridgehead atoms. The third-order valence-electron chi connectivity index (χ3n) is 4.25. The first kappa shape index (κ1) is 19.7. The zero-order valence-corrected chi connectivity index (χ0v) is 15.2. The molecule has 1 fully saturated rings. The Morgan fingerprint density at radius 1 is 1.20 bits per heavy atom. The molecule has 0 aromatic heterocycles. The molecule has 1 aliphatic rings. The highest BCUT2D eigenvalue weighted by atomic mass is 32.2. The molecule has 1 aromatic carbocycles. The summed E-state index contributed by atoms with van der Waals surface area (Å²) in [4.78, 5) is 13.5. The van der Waals surface area contributed by atoms with Crippen LogP contribution < -0.4 is 5.32 Å². The zero-order chi connectivity index (χ0) is 18.6. The number of benzene rings is 1. The second-order valence-corrected chi connectivity index (χ2v) is 8.07. The molecule has 25 heavy (non-hydrogen) atoms. The molecule has 1 saturated heterocycles. The van der Waals surface area contributed by atoms with Gasteiger partial charge < -0.3 is 5.32 Å². The van der Waals surface area contributed by atoms with Gasteiger partial charge in [-0.2, -0.15) is 4.31 Å². The standard InChI is InChI=1S/C16H23F2N3O3S/c1-3-12(2)19-16(22)11-20-6-8-21(9-7-20)25(23,24)13-4-5-14(17)15(18)10-13/h4-5,10,12H,3,6-9,11H2,1-2H3,(H,19,22)/t12-/m0/s1. The molecule has 1 atom stereocenters. The van der Waals surface area contributed by atoms with Gasteiger partial charge in [-0.05, 0) is 31.5 Å². The van der Waals surface area contributed by atoms with Crippen LogP contribution >= 0.6 is 0 Å². The van der Waals surface area contributed by atoms with E-state index in [1.165, 1.54) is 4.31 Å². The molecular weight excluding hydrogens is 352 g/mol. The van der Waals surface area contributed by atoms with E-state index in [9.17, 15) is 22.0 Å². The Morgan fingerprint density at radius 2 is 1.84 bits per heavy atom. The minimum absolute atomic E-state index is 0.0914. The van der Waals surface area contributed by atoms with Crippen LogP contribution in [0.15, 0.2) is 23.1 Å². The smallest absolute Gasteiger partial charge is 0.243 e. The predicted molar refractivity (Wildman–Crippen MR) is 89.5 cm³/mol. The van der Waals surface area contributed by atoms with Crippen LogP contribution in [0.1, 0.15) is 20.3 Å². The van der Waals surface area contributed by atoms with Crippen molar-refractivity contribution in [3.8, 4) is 0 Å². The van der Waals surface area contributed by atoms with Crippen LogP contribution in [0, 0.1) is 11.6 Å². The number of piperazine rings is 1. The third-order valence-corrected chi connectivity index (χ3v) is 6.14. The van der Waals surface area contributed by atoms with Crippen molar-refractivity contribution in [2.75, 3.05) is 32.7 Å².